The van der Waals surface area contributed by atoms with Crippen LogP contribution in [-0.4, -0.2) is 26.7 Å². The average Bonchev–Trinajstić information content (AvgIpc) is 3.25. The standard InChI is InChI=1S/C28H29ClN6O3/c1-16-10-17(2)12-18(11-16)35-25(15-24(34-35)28(3,4)5)33-27(37)32-22-7-6-19(13-21(22)29)38-20-8-9-31-23(14-20)26(30)36/h6-15H,1-5H3,(H2,30,36)(H2,32,33,37). The van der Waals surface area contributed by atoms with Crippen LogP contribution in [-0.2, 0) is 5.41 Å². The van der Waals surface area contributed by atoms with Crippen molar-refractivity contribution < 1.29 is 14.3 Å². The molecule has 0 bridgehead atoms. The SMILES string of the molecule is Cc1cc(C)cc(-n2nc(C(C)(C)C)cc2NC(=O)Nc2ccc(Oc3ccnc(C(N)=O)c3)cc2Cl)c1. The number of hydrogen-bond donors (Lipinski definition) is 3. The largest absolute Gasteiger partial charge is 0.457 e. The molecule has 2 aromatic heterocycles. The van der Waals surface area contributed by atoms with Gasteiger partial charge in [-0.15, -0.1) is 0 Å². The van der Waals surface area contributed by atoms with Gasteiger partial charge in [0.15, 0.2) is 0 Å². The summed E-state index contributed by atoms with van der Waals surface area (Å²) in [5.41, 5.74) is 9.39. The minimum atomic E-state index is -0.660. The molecule has 196 valence electrons. The van der Waals surface area contributed by atoms with E-state index in [2.05, 4.69) is 42.5 Å². The molecule has 0 aliphatic rings. The lowest BCUT2D eigenvalue weighted by Crippen LogP contribution is -2.21. The Kier molecular flexibility index (Phi) is 7.41. The number of carbonyl (C=O) groups excluding carboxylic acids is 2. The van der Waals surface area contributed by atoms with Crippen LogP contribution in [0, 0.1) is 13.8 Å². The summed E-state index contributed by atoms with van der Waals surface area (Å²) in [6.07, 6.45) is 1.42. The quantitative estimate of drug-likeness (QED) is 0.266. The zero-order chi connectivity index (χ0) is 27.6. The molecule has 4 aromatic rings. The van der Waals surface area contributed by atoms with Gasteiger partial charge in [0, 0.05) is 29.8 Å². The lowest BCUT2D eigenvalue weighted by Gasteiger charge is -2.14. The number of aryl methyl sites for hydroxylation is 2. The predicted molar refractivity (Wildman–Crippen MR) is 149 cm³/mol. The van der Waals surface area contributed by atoms with Gasteiger partial charge in [-0.2, -0.15) is 5.10 Å². The van der Waals surface area contributed by atoms with E-state index in [4.69, 9.17) is 27.2 Å². The second-order valence-electron chi connectivity index (χ2n) is 9.99. The van der Waals surface area contributed by atoms with Gasteiger partial charge < -0.3 is 15.8 Å². The van der Waals surface area contributed by atoms with E-state index < -0.39 is 11.9 Å². The number of ether oxygens (including phenoxy) is 1. The summed E-state index contributed by atoms with van der Waals surface area (Å²) in [4.78, 5) is 28.2. The van der Waals surface area contributed by atoms with E-state index in [1.165, 1.54) is 12.3 Å². The summed E-state index contributed by atoms with van der Waals surface area (Å²) in [5, 5.41) is 10.7. The molecule has 0 aliphatic carbocycles. The van der Waals surface area contributed by atoms with Crippen molar-refractivity contribution in [2.24, 2.45) is 5.73 Å². The maximum absolute atomic E-state index is 13.0. The van der Waals surface area contributed by atoms with E-state index in [-0.39, 0.29) is 16.1 Å². The molecule has 4 N–H and O–H groups in total. The van der Waals surface area contributed by atoms with Gasteiger partial charge in [-0.3, -0.25) is 15.1 Å². The maximum atomic E-state index is 13.0. The number of rotatable bonds is 6. The van der Waals surface area contributed by atoms with Crippen LogP contribution in [0.4, 0.5) is 16.3 Å². The number of benzene rings is 2. The molecule has 0 atom stereocenters. The Labute approximate surface area is 226 Å². The molecule has 0 unspecified atom stereocenters. The van der Waals surface area contributed by atoms with Gasteiger partial charge in [-0.1, -0.05) is 38.4 Å². The van der Waals surface area contributed by atoms with Crippen molar-refractivity contribution in [2.75, 3.05) is 10.6 Å². The number of nitrogens with two attached hydrogens (primary N) is 1. The third kappa shape index (κ3) is 6.30. The van der Waals surface area contributed by atoms with Gasteiger partial charge >= 0.3 is 6.03 Å². The molecule has 0 saturated heterocycles. The van der Waals surface area contributed by atoms with Crippen LogP contribution >= 0.6 is 11.6 Å². The molecule has 0 aliphatic heterocycles. The highest BCUT2D eigenvalue weighted by atomic mass is 35.5. The molecule has 38 heavy (non-hydrogen) atoms. The zero-order valence-electron chi connectivity index (χ0n) is 21.8. The lowest BCUT2D eigenvalue weighted by atomic mass is 9.92. The lowest BCUT2D eigenvalue weighted by molar-refractivity contribution is 0.0995. The molecule has 2 aromatic carbocycles. The number of nitrogens with one attached hydrogen (secondary N) is 2. The Morgan fingerprint density at radius 3 is 2.26 bits per heavy atom. The molecule has 3 amide bonds. The summed E-state index contributed by atoms with van der Waals surface area (Å²) < 4.78 is 7.48. The summed E-state index contributed by atoms with van der Waals surface area (Å²) >= 11 is 6.42. The summed E-state index contributed by atoms with van der Waals surface area (Å²) in [6, 6.07) is 15.3. The second kappa shape index (κ2) is 10.5. The Morgan fingerprint density at radius 1 is 0.947 bits per heavy atom. The van der Waals surface area contributed by atoms with Crippen LogP contribution in [0.15, 0.2) is 60.8 Å². The van der Waals surface area contributed by atoms with Crippen LogP contribution in [0.2, 0.25) is 5.02 Å². The molecule has 0 radical (unpaired) electrons. The second-order valence-corrected chi connectivity index (χ2v) is 10.4. The number of nitrogens with zero attached hydrogens (tertiary/aromatic N) is 3. The number of halogens is 1. The number of aromatic nitrogens is 3. The van der Waals surface area contributed by atoms with E-state index in [1.54, 1.807) is 28.9 Å². The molecule has 0 saturated carbocycles. The Balaban J connectivity index is 1.53. The zero-order valence-corrected chi connectivity index (χ0v) is 22.6. The first-order chi connectivity index (χ1) is 17.9. The fourth-order valence-electron chi connectivity index (χ4n) is 3.78. The molecule has 10 heteroatoms. The van der Waals surface area contributed by atoms with Gasteiger partial charge in [-0.25, -0.2) is 9.48 Å². The van der Waals surface area contributed by atoms with Crippen molar-refractivity contribution in [3.05, 3.63) is 88.3 Å². The normalized spacial score (nSPS) is 11.2. The number of carbonyl (C=O) groups is 2. The fraction of sp³-hybridized carbons (Fsp3) is 0.214. The number of anilines is 2. The van der Waals surface area contributed by atoms with Gasteiger partial charge in [0.1, 0.15) is 23.0 Å². The number of primary amides is 1. The van der Waals surface area contributed by atoms with E-state index >= 15 is 0 Å². The van der Waals surface area contributed by atoms with E-state index in [1.807, 2.05) is 32.0 Å². The third-order valence-corrected chi connectivity index (χ3v) is 5.89. The van der Waals surface area contributed by atoms with Crippen molar-refractivity contribution in [3.8, 4) is 17.2 Å². The van der Waals surface area contributed by atoms with Gasteiger partial charge in [0.2, 0.25) is 0 Å². The number of amides is 3. The van der Waals surface area contributed by atoms with Crippen LogP contribution in [0.3, 0.4) is 0 Å². The molecule has 2 heterocycles. The molecular formula is C28H29ClN6O3. The van der Waals surface area contributed by atoms with Crippen molar-refractivity contribution in [1.29, 1.82) is 0 Å². The number of hydrogen-bond acceptors (Lipinski definition) is 5. The molecule has 0 spiro atoms. The minimum absolute atomic E-state index is 0.0817. The highest BCUT2D eigenvalue weighted by Gasteiger charge is 2.22. The van der Waals surface area contributed by atoms with Crippen LogP contribution < -0.4 is 21.1 Å². The maximum Gasteiger partial charge on any atom is 0.324 e. The van der Waals surface area contributed by atoms with Gasteiger partial charge in [0.05, 0.1) is 22.1 Å². The minimum Gasteiger partial charge on any atom is -0.457 e. The summed E-state index contributed by atoms with van der Waals surface area (Å²) in [6.45, 7) is 10.2. The molecule has 0 fully saturated rings. The first-order valence-electron chi connectivity index (χ1n) is 11.9. The smallest absolute Gasteiger partial charge is 0.324 e. The van der Waals surface area contributed by atoms with Crippen LogP contribution in [0.25, 0.3) is 5.69 Å². The Hall–Kier alpha value is -4.37. The summed E-state index contributed by atoms with van der Waals surface area (Å²) in [7, 11) is 0. The molecule has 4 rings (SSSR count). The topological polar surface area (TPSA) is 124 Å². The van der Waals surface area contributed by atoms with E-state index in [9.17, 15) is 9.59 Å². The van der Waals surface area contributed by atoms with Gasteiger partial charge in [0.25, 0.3) is 5.91 Å². The van der Waals surface area contributed by atoms with Gasteiger partial charge in [-0.05, 0) is 55.3 Å². The average molecular weight is 533 g/mol. The Bertz CT molecular complexity index is 1500. The highest BCUT2D eigenvalue weighted by molar-refractivity contribution is 6.34. The third-order valence-electron chi connectivity index (χ3n) is 5.58. The fourth-order valence-corrected chi connectivity index (χ4v) is 4.00. The van der Waals surface area contributed by atoms with Crippen molar-refractivity contribution in [2.45, 2.75) is 40.0 Å². The van der Waals surface area contributed by atoms with Crippen molar-refractivity contribution in [3.63, 3.8) is 0 Å². The summed E-state index contributed by atoms with van der Waals surface area (Å²) in [5.74, 6) is 0.645. The van der Waals surface area contributed by atoms with Crippen LogP contribution in [0.5, 0.6) is 11.5 Å². The van der Waals surface area contributed by atoms with Crippen molar-refractivity contribution in [1.82, 2.24) is 14.8 Å². The number of pyridine rings is 1. The van der Waals surface area contributed by atoms with E-state index in [0.717, 1.165) is 22.5 Å². The molecular weight excluding hydrogens is 504 g/mol. The predicted octanol–water partition coefficient (Wildman–Crippen LogP) is 6.37. The monoisotopic (exact) mass is 532 g/mol. The van der Waals surface area contributed by atoms with E-state index in [0.29, 0.717) is 23.0 Å². The van der Waals surface area contributed by atoms with Crippen LogP contribution in [0.1, 0.15) is 48.1 Å². The Morgan fingerprint density at radius 2 is 1.63 bits per heavy atom. The molecule has 9 nitrogen and oxygen atoms in total. The first kappa shape index (κ1) is 26.7. The van der Waals surface area contributed by atoms with Crippen molar-refractivity contribution >= 4 is 35.0 Å². The number of urea groups is 1. The first-order valence-corrected chi connectivity index (χ1v) is 12.3. The highest BCUT2D eigenvalue weighted by Crippen LogP contribution is 2.31.